The van der Waals surface area contributed by atoms with Gasteiger partial charge in [0.25, 0.3) is 0 Å². The Morgan fingerprint density at radius 1 is 0.633 bits per heavy atom. The van der Waals surface area contributed by atoms with Gasteiger partial charge in [-0.05, 0) is 62.8 Å². The third-order valence-electron chi connectivity index (χ3n) is 5.37. The average Bonchev–Trinajstić information content (AvgIpc) is 2.58. The van der Waals surface area contributed by atoms with E-state index in [-0.39, 0.29) is 0 Å². The summed E-state index contributed by atoms with van der Waals surface area (Å²) in [6.45, 7) is 17.7. The fourth-order valence-corrected chi connectivity index (χ4v) is 25.4. The van der Waals surface area contributed by atoms with Gasteiger partial charge in [0, 0.05) is 29.2 Å². The van der Waals surface area contributed by atoms with Crippen LogP contribution in [-0.2, 0) is 13.1 Å². The zero-order chi connectivity index (χ0) is 22.7. The first-order valence-electron chi connectivity index (χ1n) is 11.1. The molecule has 166 valence electrons. The second kappa shape index (κ2) is 10.2. The number of nitrogens with zero attached hydrogens (tertiary/aromatic N) is 2. The molecule has 0 bridgehead atoms. The minimum Gasteiger partial charge on any atom is -0.305 e. The highest BCUT2D eigenvalue weighted by atomic mass is 31.1. The molecular weight excluding hydrogens is 415 g/mol. The molecule has 0 saturated heterocycles. The van der Waals surface area contributed by atoms with Gasteiger partial charge in [0.2, 0.25) is 0 Å². The lowest BCUT2D eigenvalue weighted by molar-refractivity contribution is 0.403. The molecule has 0 amide bonds. The molecule has 0 aromatic heterocycles. The lowest BCUT2D eigenvalue weighted by Crippen LogP contribution is -2.55. The fourth-order valence-electron chi connectivity index (χ4n) is 4.92. The molecule has 2 rings (SSSR count). The molecule has 0 saturated carbocycles. The largest absolute Gasteiger partial charge is 0.305 e. The Morgan fingerprint density at radius 2 is 0.967 bits per heavy atom. The Kier molecular flexibility index (Phi) is 8.69. The zero-order valence-corrected chi connectivity index (χ0v) is 23.8. The summed E-state index contributed by atoms with van der Waals surface area (Å²) in [5, 5.41) is 3.23. The van der Waals surface area contributed by atoms with E-state index in [4.69, 9.17) is 0 Å². The van der Waals surface area contributed by atoms with Gasteiger partial charge in [0.1, 0.15) is 0 Å². The third-order valence-corrected chi connectivity index (χ3v) is 22.5. The van der Waals surface area contributed by atoms with Crippen molar-refractivity contribution in [2.45, 2.75) is 57.3 Å². The summed E-state index contributed by atoms with van der Waals surface area (Å²) in [5.74, 6) is 0. The van der Waals surface area contributed by atoms with Crippen LogP contribution in [0.5, 0.6) is 0 Å². The van der Waals surface area contributed by atoms with Crippen LogP contribution in [0.1, 0.15) is 11.1 Å². The van der Waals surface area contributed by atoms with Gasteiger partial charge in [-0.25, -0.2) is 0 Å². The maximum absolute atomic E-state index is 2.61. The van der Waals surface area contributed by atoms with Crippen LogP contribution in [0.3, 0.4) is 0 Å². The van der Waals surface area contributed by atoms with Gasteiger partial charge in [0.05, 0.1) is 0 Å². The molecular formula is C25H43N2PSi2. The molecule has 2 nitrogen and oxygen atoms in total. The molecule has 2 aromatic rings. The lowest BCUT2D eigenvalue weighted by Gasteiger charge is -2.45. The molecule has 30 heavy (non-hydrogen) atoms. The van der Waals surface area contributed by atoms with E-state index < -0.39 is 24.1 Å². The Morgan fingerprint density at radius 3 is 1.27 bits per heavy atom. The Hall–Kier alpha value is -0.776. The second-order valence-electron chi connectivity index (χ2n) is 11.2. The summed E-state index contributed by atoms with van der Waals surface area (Å²) in [6.07, 6.45) is 0. The summed E-state index contributed by atoms with van der Waals surface area (Å²) >= 11 is 0. The van der Waals surface area contributed by atoms with Crippen molar-refractivity contribution < 1.29 is 0 Å². The van der Waals surface area contributed by atoms with Crippen molar-refractivity contribution in [1.29, 1.82) is 0 Å². The van der Waals surface area contributed by atoms with E-state index in [2.05, 4.69) is 126 Å². The Balaban J connectivity index is 2.82. The monoisotopic (exact) mass is 458 g/mol. The van der Waals surface area contributed by atoms with E-state index in [1.807, 2.05) is 0 Å². The topological polar surface area (TPSA) is 6.48 Å². The van der Waals surface area contributed by atoms with Gasteiger partial charge in [0.15, 0.2) is 0 Å². The van der Waals surface area contributed by atoms with Gasteiger partial charge in [-0.3, -0.25) is 0 Å². The molecule has 0 aliphatic carbocycles. The van der Waals surface area contributed by atoms with E-state index in [9.17, 15) is 0 Å². The summed E-state index contributed by atoms with van der Waals surface area (Å²) in [5.41, 5.74) is 3.02. The van der Waals surface area contributed by atoms with Crippen molar-refractivity contribution in [2.75, 3.05) is 28.2 Å². The predicted molar refractivity (Wildman–Crippen MR) is 144 cm³/mol. The van der Waals surface area contributed by atoms with Gasteiger partial charge < -0.3 is 9.80 Å². The molecule has 2 aromatic carbocycles. The number of rotatable bonds is 9. The summed E-state index contributed by atoms with van der Waals surface area (Å²) in [4.78, 5) is 5.46. The van der Waals surface area contributed by atoms with E-state index in [0.717, 1.165) is 18.0 Å². The summed E-state index contributed by atoms with van der Waals surface area (Å²) in [6, 6.07) is 18.6. The first-order valence-corrected chi connectivity index (χ1v) is 19.6. The molecule has 0 unspecified atom stereocenters. The molecule has 0 atom stereocenters. The summed E-state index contributed by atoms with van der Waals surface area (Å²) in [7, 11) is 5.50. The van der Waals surface area contributed by atoms with E-state index in [0.29, 0.717) is 0 Å². The minimum absolute atomic E-state index is 0.423. The van der Waals surface area contributed by atoms with Crippen molar-refractivity contribution in [3.8, 4) is 0 Å². The third kappa shape index (κ3) is 6.61. The highest BCUT2D eigenvalue weighted by Crippen LogP contribution is 2.49. The smallest absolute Gasteiger partial charge is 0.0499 e. The average molecular weight is 459 g/mol. The summed E-state index contributed by atoms with van der Waals surface area (Å²) < 4.78 is 0. The van der Waals surface area contributed by atoms with Crippen molar-refractivity contribution in [1.82, 2.24) is 9.80 Å². The second-order valence-corrected chi connectivity index (χ2v) is 25.6. The van der Waals surface area contributed by atoms with E-state index in [1.165, 1.54) is 11.1 Å². The molecule has 0 aliphatic heterocycles. The van der Waals surface area contributed by atoms with Crippen molar-refractivity contribution in [3.63, 3.8) is 0 Å². The molecule has 0 heterocycles. The molecule has 0 N–H and O–H groups in total. The van der Waals surface area contributed by atoms with Crippen LogP contribution in [0, 0.1) is 0 Å². The van der Waals surface area contributed by atoms with Crippen molar-refractivity contribution >= 4 is 34.7 Å². The zero-order valence-electron chi connectivity index (χ0n) is 21.0. The SMILES string of the molecule is CN(C)Cc1ccccc1P(c1ccccc1CN(C)C)C([Si](C)(C)C)[Si](C)(C)C. The van der Waals surface area contributed by atoms with Crippen LogP contribution in [0.2, 0.25) is 39.3 Å². The molecule has 0 fully saturated rings. The first-order chi connectivity index (χ1) is 13.8. The van der Waals surface area contributed by atoms with Crippen LogP contribution in [0.4, 0.5) is 0 Å². The number of hydrogen-bond donors (Lipinski definition) is 0. The number of benzene rings is 2. The molecule has 0 radical (unpaired) electrons. The standard InChI is InChI=1S/C25H43N2PSi2/c1-26(2)19-21-15-11-13-17-23(21)28(25(29(5,6)7)30(8,9)10)24-18-14-12-16-22(24)20-27(3)4/h11-18,25H,19-20H2,1-10H3. The highest BCUT2D eigenvalue weighted by Gasteiger charge is 2.44. The maximum atomic E-state index is 2.61. The van der Waals surface area contributed by atoms with Crippen molar-refractivity contribution in [3.05, 3.63) is 59.7 Å². The molecule has 0 aliphatic rings. The number of hydrogen-bond acceptors (Lipinski definition) is 2. The van der Waals surface area contributed by atoms with Crippen LogP contribution in [-0.4, -0.2) is 59.0 Å². The highest BCUT2D eigenvalue weighted by molar-refractivity contribution is 7.78. The fraction of sp³-hybridized carbons (Fsp3) is 0.520. The molecule has 0 spiro atoms. The van der Waals surface area contributed by atoms with E-state index >= 15 is 0 Å². The first kappa shape index (κ1) is 25.5. The van der Waals surface area contributed by atoms with Crippen LogP contribution in [0.15, 0.2) is 48.5 Å². The van der Waals surface area contributed by atoms with Crippen LogP contribution in [0.25, 0.3) is 0 Å². The Bertz CT molecular complexity index is 755. The lowest BCUT2D eigenvalue weighted by atomic mass is 10.2. The molecule has 5 heteroatoms. The maximum Gasteiger partial charge on any atom is 0.0499 e. The van der Waals surface area contributed by atoms with Gasteiger partial charge in [-0.2, -0.15) is 0 Å². The van der Waals surface area contributed by atoms with Gasteiger partial charge in [-0.15, -0.1) is 0 Å². The Labute approximate surface area is 189 Å². The predicted octanol–water partition coefficient (Wildman–Crippen LogP) is 5.37. The van der Waals surface area contributed by atoms with Crippen LogP contribution < -0.4 is 10.6 Å². The normalized spacial score (nSPS) is 13.1. The van der Waals surface area contributed by atoms with E-state index in [1.54, 1.807) is 10.6 Å². The van der Waals surface area contributed by atoms with Crippen LogP contribution >= 0.6 is 7.92 Å². The minimum atomic E-state index is -1.41. The quantitative estimate of drug-likeness (QED) is 0.368. The van der Waals surface area contributed by atoms with Gasteiger partial charge >= 0.3 is 0 Å². The van der Waals surface area contributed by atoms with Gasteiger partial charge in [-0.1, -0.05) is 87.8 Å². The van der Waals surface area contributed by atoms with Crippen molar-refractivity contribution in [2.24, 2.45) is 0 Å².